The molecule has 6 heteroatoms. The van der Waals surface area contributed by atoms with E-state index in [0.717, 1.165) is 22.3 Å². The van der Waals surface area contributed by atoms with Gasteiger partial charge in [-0.1, -0.05) is 47.5 Å². The highest BCUT2D eigenvalue weighted by Gasteiger charge is 2.30. The van der Waals surface area contributed by atoms with Crippen LogP contribution in [0.15, 0.2) is 53.4 Å². The number of carbonyl (C=O) groups excluding carboxylic acids is 1. The standard InChI is InChI=1S/C22H26N2O3S/c1-17-5-4-6-20(16-17)8-10-22(25)23-11-13-24(14-12-23)28(26,27)21-9-7-18(2)15-19(21)3/h4-10,15-16H,11-14H2,1-3H3/b10-8+. The van der Waals surface area contributed by atoms with Crippen LogP contribution in [0.2, 0.25) is 0 Å². The molecule has 3 rings (SSSR count). The summed E-state index contributed by atoms with van der Waals surface area (Å²) in [5, 5.41) is 0. The summed E-state index contributed by atoms with van der Waals surface area (Å²) in [5.74, 6) is -0.0925. The fourth-order valence-corrected chi connectivity index (χ4v) is 5.05. The van der Waals surface area contributed by atoms with Gasteiger partial charge in [0.05, 0.1) is 4.90 Å². The first-order chi connectivity index (χ1) is 13.3. The van der Waals surface area contributed by atoms with Gasteiger partial charge < -0.3 is 4.90 Å². The van der Waals surface area contributed by atoms with Gasteiger partial charge in [0.15, 0.2) is 0 Å². The number of hydrogen-bond acceptors (Lipinski definition) is 3. The van der Waals surface area contributed by atoms with Crippen molar-refractivity contribution >= 4 is 22.0 Å². The van der Waals surface area contributed by atoms with Crippen LogP contribution in [0.1, 0.15) is 22.3 Å². The zero-order valence-electron chi connectivity index (χ0n) is 16.6. The van der Waals surface area contributed by atoms with Gasteiger partial charge in [-0.3, -0.25) is 4.79 Å². The van der Waals surface area contributed by atoms with Crippen LogP contribution in [-0.4, -0.2) is 49.7 Å². The normalized spacial score (nSPS) is 15.9. The molecule has 2 aromatic carbocycles. The lowest BCUT2D eigenvalue weighted by Gasteiger charge is -2.33. The van der Waals surface area contributed by atoms with E-state index in [9.17, 15) is 13.2 Å². The molecular weight excluding hydrogens is 372 g/mol. The predicted molar refractivity (Wildman–Crippen MR) is 111 cm³/mol. The zero-order chi connectivity index (χ0) is 20.3. The molecule has 1 aliphatic heterocycles. The van der Waals surface area contributed by atoms with Crippen molar-refractivity contribution in [3.8, 4) is 0 Å². The Bertz CT molecular complexity index is 1000. The zero-order valence-corrected chi connectivity index (χ0v) is 17.4. The van der Waals surface area contributed by atoms with Crippen molar-refractivity contribution in [3.05, 3.63) is 70.8 Å². The van der Waals surface area contributed by atoms with Gasteiger partial charge in [0.25, 0.3) is 0 Å². The number of nitrogens with zero attached hydrogens (tertiary/aromatic N) is 2. The van der Waals surface area contributed by atoms with Crippen molar-refractivity contribution in [1.29, 1.82) is 0 Å². The highest BCUT2D eigenvalue weighted by molar-refractivity contribution is 7.89. The van der Waals surface area contributed by atoms with E-state index < -0.39 is 10.0 Å². The van der Waals surface area contributed by atoms with E-state index in [0.29, 0.717) is 31.1 Å². The number of piperazine rings is 1. The van der Waals surface area contributed by atoms with Crippen molar-refractivity contribution in [2.75, 3.05) is 26.2 Å². The SMILES string of the molecule is Cc1cccc(/C=C/C(=O)N2CCN(S(=O)(=O)c3ccc(C)cc3C)CC2)c1. The van der Waals surface area contributed by atoms with E-state index in [1.807, 2.05) is 57.2 Å². The molecule has 1 aliphatic rings. The molecule has 0 N–H and O–H groups in total. The first-order valence-corrected chi connectivity index (χ1v) is 10.8. The Balaban J connectivity index is 1.64. The van der Waals surface area contributed by atoms with Gasteiger partial charge in [0.1, 0.15) is 0 Å². The van der Waals surface area contributed by atoms with E-state index in [1.54, 1.807) is 23.1 Å². The molecule has 5 nitrogen and oxygen atoms in total. The Morgan fingerprint density at radius 2 is 1.61 bits per heavy atom. The van der Waals surface area contributed by atoms with Crippen LogP contribution in [-0.2, 0) is 14.8 Å². The van der Waals surface area contributed by atoms with E-state index in [-0.39, 0.29) is 5.91 Å². The molecule has 0 atom stereocenters. The average Bonchev–Trinajstić information content (AvgIpc) is 2.66. The van der Waals surface area contributed by atoms with E-state index in [2.05, 4.69) is 0 Å². The average molecular weight is 399 g/mol. The third kappa shape index (κ3) is 4.51. The van der Waals surface area contributed by atoms with E-state index in [1.165, 1.54) is 4.31 Å². The summed E-state index contributed by atoms with van der Waals surface area (Å²) < 4.78 is 27.4. The monoisotopic (exact) mass is 398 g/mol. The largest absolute Gasteiger partial charge is 0.337 e. The predicted octanol–water partition coefficient (Wildman–Crippen LogP) is 3.16. The van der Waals surface area contributed by atoms with Crippen LogP contribution >= 0.6 is 0 Å². The maximum absolute atomic E-state index is 12.9. The fourth-order valence-electron chi connectivity index (χ4n) is 3.42. The minimum absolute atomic E-state index is 0.0925. The maximum Gasteiger partial charge on any atom is 0.246 e. The Labute approximate surface area is 167 Å². The smallest absolute Gasteiger partial charge is 0.246 e. The second-order valence-corrected chi connectivity index (χ2v) is 9.15. The molecule has 2 aromatic rings. The molecule has 1 amide bonds. The molecule has 0 bridgehead atoms. The fraction of sp³-hybridized carbons (Fsp3) is 0.318. The minimum atomic E-state index is -3.54. The summed E-state index contributed by atoms with van der Waals surface area (Å²) in [6.07, 6.45) is 3.36. The first-order valence-electron chi connectivity index (χ1n) is 9.38. The van der Waals surface area contributed by atoms with Gasteiger partial charge in [-0.2, -0.15) is 4.31 Å². The van der Waals surface area contributed by atoms with Gasteiger partial charge in [-0.05, 0) is 44.0 Å². The Hall–Kier alpha value is -2.44. The molecule has 148 valence electrons. The Morgan fingerprint density at radius 3 is 2.25 bits per heavy atom. The second kappa shape index (κ2) is 8.29. The van der Waals surface area contributed by atoms with Crippen LogP contribution in [0.3, 0.4) is 0 Å². The maximum atomic E-state index is 12.9. The quantitative estimate of drug-likeness (QED) is 0.744. The molecule has 28 heavy (non-hydrogen) atoms. The van der Waals surface area contributed by atoms with Crippen molar-refractivity contribution in [2.45, 2.75) is 25.7 Å². The molecule has 0 unspecified atom stereocenters. The van der Waals surface area contributed by atoms with Crippen molar-refractivity contribution < 1.29 is 13.2 Å². The number of hydrogen-bond donors (Lipinski definition) is 0. The minimum Gasteiger partial charge on any atom is -0.337 e. The molecule has 1 heterocycles. The van der Waals surface area contributed by atoms with Crippen molar-refractivity contribution in [1.82, 2.24) is 9.21 Å². The molecule has 0 radical (unpaired) electrons. The van der Waals surface area contributed by atoms with Crippen LogP contribution in [0, 0.1) is 20.8 Å². The lowest BCUT2D eigenvalue weighted by molar-refractivity contribution is -0.127. The Kier molecular flexibility index (Phi) is 6.01. The van der Waals surface area contributed by atoms with E-state index in [4.69, 9.17) is 0 Å². The highest BCUT2D eigenvalue weighted by atomic mass is 32.2. The molecule has 0 spiro atoms. The number of amides is 1. The van der Waals surface area contributed by atoms with E-state index >= 15 is 0 Å². The topological polar surface area (TPSA) is 57.7 Å². The molecule has 1 saturated heterocycles. The van der Waals surface area contributed by atoms with Gasteiger partial charge >= 0.3 is 0 Å². The summed E-state index contributed by atoms with van der Waals surface area (Å²) in [4.78, 5) is 14.5. The van der Waals surface area contributed by atoms with Gasteiger partial charge in [0, 0.05) is 32.3 Å². The van der Waals surface area contributed by atoms with Crippen LogP contribution < -0.4 is 0 Å². The number of rotatable bonds is 4. The molecule has 0 aromatic heterocycles. The van der Waals surface area contributed by atoms with Crippen molar-refractivity contribution in [3.63, 3.8) is 0 Å². The van der Waals surface area contributed by atoms with Gasteiger partial charge in [-0.25, -0.2) is 8.42 Å². The third-order valence-corrected chi connectivity index (χ3v) is 7.02. The molecular formula is C22H26N2O3S. The molecule has 0 aliphatic carbocycles. The second-order valence-electron chi connectivity index (χ2n) is 7.25. The lowest BCUT2D eigenvalue weighted by Crippen LogP contribution is -2.50. The number of carbonyl (C=O) groups is 1. The Morgan fingerprint density at radius 1 is 0.929 bits per heavy atom. The van der Waals surface area contributed by atoms with Crippen LogP contribution in [0.5, 0.6) is 0 Å². The van der Waals surface area contributed by atoms with Gasteiger partial charge in [0.2, 0.25) is 15.9 Å². The first kappa shape index (κ1) is 20.3. The number of benzene rings is 2. The summed E-state index contributed by atoms with van der Waals surface area (Å²) in [7, 11) is -3.54. The van der Waals surface area contributed by atoms with Crippen LogP contribution in [0.25, 0.3) is 6.08 Å². The third-order valence-electron chi connectivity index (χ3n) is 4.96. The number of aryl methyl sites for hydroxylation is 3. The summed E-state index contributed by atoms with van der Waals surface area (Å²) in [5.41, 5.74) is 3.90. The molecule has 1 fully saturated rings. The van der Waals surface area contributed by atoms with Crippen LogP contribution in [0.4, 0.5) is 0 Å². The highest BCUT2D eigenvalue weighted by Crippen LogP contribution is 2.22. The molecule has 0 saturated carbocycles. The van der Waals surface area contributed by atoms with Gasteiger partial charge in [-0.15, -0.1) is 0 Å². The summed E-state index contributed by atoms with van der Waals surface area (Å²) >= 11 is 0. The number of sulfonamides is 1. The summed E-state index contributed by atoms with van der Waals surface area (Å²) in [6, 6.07) is 13.3. The van der Waals surface area contributed by atoms with Crippen molar-refractivity contribution in [2.24, 2.45) is 0 Å². The summed E-state index contributed by atoms with van der Waals surface area (Å²) in [6.45, 7) is 7.16. The lowest BCUT2D eigenvalue weighted by atomic mass is 10.1.